The molecule has 1 N–H and O–H groups in total. The molecule has 0 spiro atoms. The summed E-state index contributed by atoms with van der Waals surface area (Å²) >= 11 is 8.17. The zero-order valence-electron chi connectivity index (χ0n) is 24.9. The molecule has 0 bridgehead atoms. The second kappa shape index (κ2) is 22.0. The summed E-state index contributed by atoms with van der Waals surface area (Å²) in [5.74, 6) is 1.61. The maximum absolute atomic E-state index is 12.6. The molecule has 0 aromatic heterocycles. The van der Waals surface area contributed by atoms with Crippen molar-refractivity contribution in [1.82, 2.24) is 4.90 Å². The molecule has 0 atom stereocenters. The maximum atomic E-state index is 12.6. The molecular formula is C34H50BrClN2O2S. The van der Waals surface area contributed by atoms with Crippen LogP contribution in [0.3, 0.4) is 0 Å². The van der Waals surface area contributed by atoms with E-state index < -0.39 is 0 Å². The lowest BCUT2D eigenvalue weighted by Crippen LogP contribution is -2.15. The maximum Gasteiger partial charge on any atom is 0.228 e. The second-order valence-electron chi connectivity index (χ2n) is 11.0. The molecular weight excluding hydrogens is 616 g/mol. The van der Waals surface area contributed by atoms with Crippen molar-refractivity contribution >= 4 is 51.9 Å². The third-order valence-corrected chi connectivity index (χ3v) is 8.45. The molecule has 1 aliphatic rings. The van der Waals surface area contributed by atoms with E-state index in [1.54, 1.807) is 11.8 Å². The van der Waals surface area contributed by atoms with Gasteiger partial charge in [0, 0.05) is 18.4 Å². The van der Waals surface area contributed by atoms with E-state index in [2.05, 4.69) is 40.9 Å². The van der Waals surface area contributed by atoms with Crippen LogP contribution in [0.4, 0.5) is 5.69 Å². The number of nitrogens with zero attached hydrogens (tertiary/aromatic N) is 1. The number of nitrogens with one attached hydrogen (secondary N) is 1. The number of thioether (sulfide) groups is 1. The van der Waals surface area contributed by atoms with Crippen LogP contribution in [0.2, 0.25) is 5.02 Å². The fourth-order valence-electron chi connectivity index (χ4n) is 4.97. The number of hydrogen-bond acceptors (Lipinski definition) is 4. The van der Waals surface area contributed by atoms with Crippen LogP contribution in [0.25, 0.3) is 0 Å². The highest BCUT2D eigenvalue weighted by Gasteiger charge is 2.10. The summed E-state index contributed by atoms with van der Waals surface area (Å²) < 4.78 is 5.98. The predicted molar refractivity (Wildman–Crippen MR) is 183 cm³/mol. The Morgan fingerprint density at radius 3 is 2.02 bits per heavy atom. The Morgan fingerprint density at radius 2 is 1.44 bits per heavy atom. The SMILES string of the molecule is Br.CCCCCCCCCCCCCCCCOc1cc(CC(=O)Nc2ccc(CN3C=CSC3)cc2)ccc1Cl. The van der Waals surface area contributed by atoms with Crippen LogP contribution in [-0.4, -0.2) is 23.3 Å². The zero-order chi connectivity index (χ0) is 28.3. The molecule has 0 aliphatic carbocycles. The van der Waals surface area contributed by atoms with Crippen LogP contribution >= 0.6 is 40.3 Å². The first kappa shape index (κ1) is 35.6. The molecule has 0 unspecified atom stereocenters. The number of hydrogen-bond donors (Lipinski definition) is 1. The summed E-state index contributed by atoms with van der Waals surface area (Å²) in [4.78, 5) is 14.9. The Morgan fingerprint density at radius 1 is 0.854 bits per heavy atom. The molecule has 3 rings (SSSR count). The van der Waals surface area contributed by atoms with Gasteiger partial charge in [0.1, 0.15) is 5.75 Å². The van der Waals surface area contributed by atoms with Crippen LogP contribution < -0.4 is 10.1 Å². The number of carbonyl (C=O) groups is 1. The van der Waals surface area contributed by atoms with E-state index in [1.807, 2.05) is 30.3 Å². The Hall–Kier alpha value is -1.63. The normalized spacial score (nSPS) is 12.4. The van der Waals surface area contributed by atoms with Gasteiger partial charge in [0.15, 0.2) is 0 Å². The van der Waals surface area contributed by atoms with Crippen LogP contribution in [0.1, 0.15) is 108 Å². The minimum absolute atomic E-state index is 0. The van der Waals surface area contributed by atoms with Crippen LogP contribution in [0, 0.1) is 0 Å². The predicted octanol–water partition coefficient (Wildman–Crippen LogP) is 10.9. The van der Waals surface area contributed by atoms with Gasteiger partial charge in [-0.25, -0.2) is 0 Å². The van der Waals surface area contributed by atoms with Crippen LogP contribution in [0.5, 0.6) is 5.75 Å². The fourth-order valence-corrected chi connectivity index (χ4v) is 5.86. The first-order chi connectivity index (χ1) is 19.6. The van der Waals surface area contributed by atoms with E-state index in [-0.39, 0.29) is 29.3 Å². The minimum Gasteiger partial charge on any atom is -0.492 e. The number of rotatable bonds is 21. The number of halogens is 2. The number of carbonyl (C=O) groups excluding carboxylic acids is 1. The quantitative estimate of drug-likeness (QED) is 0.135. The molecule has 2 aromatic rings. The van der Waals surface area contributed by atoms with Crippen molar-refractivity contribution in [1.29, 1.82) is 0 Å². The molecule has 0 fully saturated rings. The van der Waals surface area contributed by atoms with Crippen molar-refractivity contribution in [2.24, 2.45) is 0 Å². The number of unbranched alkanes of at least 4 members (excludes halogenated alkanes) is 13. The first-order valence-electron chi connectivity index (χ1n) is 15.5. The monoisotopic (exact) mass is 664 g/mol. The lowest BCUT2D eigenvalue weighted by Gasteiger charge is -2.15. The Bertz CT molecular complexity index is 1020. The van der Waals surface area contributed by atoms with E-state index in [0.29, 0.717) is 17.4 Å². The van der Waals surface area contributed by atoms with E-state index >= 15 is 0 Å². The van der Waals surface area contributed by atoms with Crippen LogP contribution in [-0.2, 0) is 17.8 Å². The highest BCUT2D eigenvalue weighted by Crippen LogP contribution is 2.26. The lowest BCUT2D eigenvalue weighted by molar-refractivity contribution is -0.115. The topological polar surface area (TPSA) is 41.6 Å². The number of ether oxygens (including phenoxy) is 1. The summed E-state index contributed by atoms with van der Waals surface area (Å²) in [6.07, 6.45) is 21.1. The smallest absolute Gasteiger partial charge is 0.228 e. The Labute approximate surface area is 268 Å². The number of anilines is 1. The van der Waals surface area contributed by atoms with Crippen molar-refractivity contribution in [2.75, 3.05) is 17.8 Å². The van der Waals surface area contributed by atoms with E-state index in [0.717, 1.165) is 30.1 Å². The highest BCUT2D eigenvalue weighted by atomic mass is 79.9. The average Bonchev–Trinajstić information content (AvgIpc) is 3.46. The Balaban J connectivity index is 0.00000588. The summed E-state index contributed by atoms with van der Waals surface area (Å²) in [5, 5.41) is 5.71. The molecule has 0 saturated heterocycles. The van der Waals surface area contributed by atoms with Gasteiger partial charge in [0.2, 0.25) is 5.91 Å². The Kier molecular flexibility index (Phi) is 19.1. The summed E-state index contributed by atoms with van der Waals surface area (Å²) in [5.41, 5.74) is 2.93. The molecule has 7 heteroatoms. The first-order valence-corrected chi connectivity index (χ1v) is 16.9. The van der Waals surface area contributed by atoms with Crippen molar-refractivity contribution < 1.29 is 9.53 Å². The molecule has 228 valence electrons. The van der Waals surface area contributed by atoms with Gasteiger partial charge < -0.3 is 15.0 Å². The molecule has 0 saturated carbocycles. The summed E-state index contributed by atoms with van der Waals surface area (Å²) in [6.45, 7) is 3.82. The number of benzene rings is 2. The van der Waals surface area contributed by atoms with Gasteiger partial charge in [0.25, 0.3) is 0 Å². The fraction of sp³-hybridized carbons (Fsp3) is 0.559. The van der Waals surface area contributed by atoms with Crippen molar-refractivity contribution in [3.63, 3.8) is 0 Å². The van der Waals surface area contributed by atoms with Gasteiger partial charge in [-0.2, -0.15) is 0 Å². The van der Waals surface area contributed by atoms with E-state index in [9.17, 15) is 4.79 Å². The van der Waals surface area contributed by atoms with Crippen molar-refractivity contribution in [3.8, 4) is 5.75 Å². The molecule has 1 amide bonds. The van der Waals surface area contributed by atoms with Crippen LogP contribution in [0.15, 0.2) is 54.1 Å². The molecule has 1 aliphatic heterocycles. The second-order valence-corrected chi connectivity index (χ2v) is 12.2. The van der Waals surface area contributed by atoms with Crippen molar-refractivity contribution in [2.45, 2.75) is 110 Å². The van der Waals surface area contributed by atoms with Gasteiger partial charge in [-0.15, -0.1) is 28.7 Å². The van der Waals surface area contributed by atoms with Gasteiger partial charge in [-0.3, -0.25) is 4.79 Å². The zero-order valence-corrected chi connectivity index (χ0v) is 28.2. The summed E-state index contributed by atoms with van der Waals surface area (Å²) in [6, 6.07) is 13.7. The molecule has 1 heterocycles. The standard InChI is InChI=1S/C34H49ClN2O2S.BrH/c1-2-3-4-5-6-7-8-9-10-11-12-13-14-15-23-39-33-25-30(18-21-32(33)35)26-34(38)36-31-19-16-29(17-20-31)27-37-22-24-40-28-37;/h16-22,24-25H,2-15,23,26-28H2,1H3,(H,36,38);1H. The molecule has 4 nitrogen and oxygen atoms in total. The average molecular weight is 666 g/mol. The molecule has 0 radical (unpaired) electrons. The van der Waals surface area contributed by atoms with Gasteiger partial charge in [0.05, 0.1) is 23.9 Å². The van der Waals surface area contributed by atoms with Crippen molar-refractivity contribution in [3.05, 3.63) is 70.2 Å². The van der Waals surface area contributed by atoms with Gasteiger partial charge in [-0.05, 0) is 47.2 Å². The minimum atomic E-state index is -0.0492. The van der Waals surface area contributed by atoms with E-state index in [1.165, 1.54) is 89.0 Å². The largest absolute Gasteiger partial charge is 0.492 e. The molecule has 2 aromatic carbocycles. The lowest BCUT2D eigenvalue weighted by atomic mass is 10.0. The van der Waals surface area contributed by atoms with Gasteiger partial charge in [-0.1, -0.05) is 120 Å². The van der Waals surface area contributed by atoms with Gasteiger partial charge >= 0.3 is 0 Å². The number of amides is 1. The third-order valence-electron chi connectivity index (χ3n) is 7.35. The highest BCUT2D eigenvalue weighted by molar-refractivity contribution is 8.93. The molecule has 41 heavy (non-hydrogen) atoms. The van der Waals surface area contributed by atoms with E-state index in [4.69, 9.17) is 16.3 Å². The third kappa shape index (κ3) is 15.4. The summed E-state index contributed by atoms with van der Waals surface area (Å²) in [7, 11) is 0.